The van der Waals surface area contributed by atoms with Gasteiger partial charge in [0.25, 0.3) is 0 Å². The minimum Gasteiger partial charge on any atom is -0.465 e. The highest BCUT2D eigenvalue weighted by Gasteiger charge is 2.18. The number of nitrogens with zero attached hydrogens (tertiary/aromatic N) is 1. The lowest BCUT2D eigenvalue weighted by atomic mass is 9.96. The molecule has 2 atom stereocenters. The third-order valence-electron chi connectivity index (χ3n) is 10.6. The monoisotopic (exact) mass is 850 g/mol. The Balaban J connectivity index is 4.36. The molecule has 0 bridgehead atoms. The molecule has 0 saturated carbocycles. The number of ether oxygens (including phenoxy) is 5. The van der Waals surface area contributed by atoms with E-state index in [0.717, 1.165) is 96.4 Å². The smallest absolute Gasteiger partial charge is 0.465 e. The molecule has 0 fully saturated rings. The number of esters is 3. The number of unbranched alkanes of at least 4 members (excludes halogenated alkanes) is 17. The molecule has 10 heteroatoms. The van der Waals surface area contributed by atoms with E-state index >= 15 is 0 Å². The quantitative estimate of drug-likeness (QED) is 0.0254. The number of hydrogen-bond donors (Lipinski definition) is 0. The molecule has 0 saturated heterocycles. The fourth-order valence-electron chi connectivity index (χ4n) is 6.75. The van der Waals surface area contributed by atoms with Gasteiger partial charge in [0.15, 0.2) is 0 Å². The Morgan fingerprint density at radius 2 is 0.850 bits per heavy atom. The van der Waals surface area contributed by atoms with Crippen LogP contribution in [0.5, 0.6) is 0 Å². The van der Waals surface area contributed by atoms with Crippen LogP contribution in [-0.2, 0) is 38.1 Å². The molecule has 0 amide bonds. The number of hydrogen-bond acceptors (Lipinski definition) is 10. The third-order valence-corrected chi connectivity index (χ3v) is 10.6. The van der Waals surface area contributed by atoms with Crippen LogP contribution in [-0.4, -0.2) is 82.6 Å². The van der Waals surface area contributed by atoms with Crippen molar-refractivity contribution >= 4 is 24.1 Å². The van der Waals surface area contributed by atoms with E-state index in [1.165, 1.54) is 64.2 Å². The summed E-state index contributed by atoms with van der Waals surface area (Å²) in [4.78, 5) is 51.6. The molecule has 0 rings (SSSR count). The summed E-state index contributed by atoms with van der Waals surface area (Å²) in [7, 11) is 3.90. The van der Waals surface area contributed by atoms with E-state index in [1.807, 2.05) is 19.0 Å². The topological polar surface area (TPSA) is 118 Å². The van der Waals surface area contributed by atoms with Gasteiger partial charge in [-0.2, -0.15) is 0 Å². The second-order valence-electron chi connectivity index (χ2n) is 16.9. The summed E-state index contributed by atoms with van der Waals surface area (Å²) < 4.78 is 27.1. The minimum absolute atomic E-state index is 0.00762. The summed E-state index contributed by atoms with van der Waals surface area (Å²) in [5.41, 5.74) is 0. The predicted octanol–water partition coefficient (Wildman–Crippen LogP) is 13.0. The number of allylic oxidation sites excluding steroid dienone is 4. The summed E-state index contributed by atoms with van der Waals surface area (Å²) in [6.45, 7) is 8.14. The number of rotatable bonds is 43. The van der Waals surface area contributed by atoms with Gasteiger partial charge in [-0.1, -0.05) is 141 Å². The van der Waals surface area contributed by atoms with Gasteiger partial charge >= 0.3 is 24.1 Å². The zero-order chi connectivity index (χ0) is 44.2. The average molecular weight is 850 g/mol. The molecule has 0 aromatic heterocycles. The lowest BCUT2D eigenvalue weighted by Gasteiger charge is -2.17. The Bertz CT molecular complexity index is 1080. The van der Waals surface area contributed by atoms with Crippen LogP contribution in [0.15, 0.2) is 24.3 Å². The van der Waals surface area contributed by atoms with Crippen LogP contribution < -0.4 is 0 Å². The van der Waals surface area contributed by atoms with Gasteiger partial charge in [-0.15, -0.1) is 0 Å². The Morgan fingerprint density at radius 3 is 1.37 bits per heavy atom. The molecule has 0 heterocycles. The highest BCUT2D eigenvalue weighted by atomic mass is 16.7. The molecule has 10 nitrogen and oxygen atoms in total. The summed E-state index contributed by atoms with van der Waals surface area (Å²) >= 11 is 0. The van der Waals surface area contributed by atoms with E-state index in [4.69, 9.17) is 23.7 Å². The Morgan fingerprint density at radius 1 is 0.433 bits per heavy atom. The van der Waals surface area contributed by atoms with E-state index in [1.54, 1.807) is 0 Å². The summed E-state index contributed by atoms with van der Waals surface area (Å²) in [6, 6.07) is 0. The molecular weight excluding hydrogens is 759 g/mol. The van der Waals surface area contributed by atoms with Crippen LogP contribution in [0.2, 0.25) is 0 Å². The maximum absolute atomic E-state index is 12.6. The molecule has 2 unspecified atom stereocenters. The molecule has 0 aliphatic rings. The van der Waals surface area contributed by atoms with Crippen LogP contribution in [0.3, 0.4) is 0 Å². The van der Waals surface area contributed by atoms with Crippen LogP contribution in [0, 0.1) is 11.8 Å². The van der Waals surface area contributed by atoms with E-state index in [-0.39, 0.29) is 50.8 Å². The van der Waals surface area contributed by atoms with Crippen LogP contribution >= 0.6 is 0 Å². The Hall–Kier alpha value is -2.88. The zero-order valence-electron chi connectivity index (χ0n) is 39.3. The first-order valence-electron chi connectivity index (χ1n) is 24.4. The van der Waals surface area contributed by atoms with Gasteiger partial charge in [0.05, 0.1) is 19.1 Å². The molecule has 0 aliphatic heterocycles. The maximum atomic E-state index is 12.6. The van der Waals surface area contributed by atoms with Crippen molar-refractivity contribution in [2.45, 2.75) is 207 Å². The lowest BCUT2D eigenvalue weighted by Crippen LogP contribution is -2.27. The first-order valence-corrected chi connectivity index (χ1v) is 24.4. The second kappa shape index (κ2) is 44.2. The van der Waals surface area contributed by atoms with Crippen LogP contribution in [0.4, 0.5) is 4.79 Å². The van der Waals surface area contributed by atoms with Crippen molar-refractivity contribution < 1.29 is 42.9 Å². The molecule has 0 radical (unpaired) electrons. The van der Waals surface area contributed by atoms with E-state index < -0.39 is 12.1 Å². The largest absolute Gasteiger partial charge is 0.508 e. The van der Waals surface area contributed by atoms with Crippen LogP contribution in [0.1, 0.15) is 207 Å². The van der Waals surface area contributed by atoms with Gasteiger partial charge in [0.1, 0.15) is 19.8 Å². The molecule has 0 aliphatic carbocycles. The molecule has 60 heavy (non-hydrogen) atoms. The van der Waals surface area contributed by atoms with Gasteiger partial charge in [0, 0.05) is 25.8 Å². The SMILES string of the molecule is CCCCC/C=C\C/C=C\CCCCCCCC(=O)OCC(COC(=O)CCCCCCCCC(=O)OCC(CCCC)CCCCCC)COC(=O)OCCCN(C)C. The van der Waals surface area contributed by atoms with Crippen molar-refractivity contribution in [3.8, 4) is 0 Å². The van der Waals surface area contributed by atoms with Gasteiger partial charge in [-0.3, -0.25) is 14.4 Å². The first kappa shape index (κ1) is 57.1. The predicted molar refractivity (Wildman–Crippen MR) is 245 cm³/mol. The number of carbonyl (C=O) groups is 4. The second-order valence-corrected chi connectivity index (χ2v) is 16.9. The van der Waals surface area contributed by atoms with Crippen molar-refractivity contribution in [2.75, 3.05) is 53.7 Å². The Labute approximate surface area is 367 Å². The highest BCUT2D eigenvalue weighted by Crippen LogP contribution is 2.19. The summed E-state index contributed by atoms with van der Waals surface area (Å²) in [6.07, 6.45) is 37.3. The van der Waals surface area contributed by atoms with Crippen molar-refractivity contribution in [2.24, 2.45) is 11.8 Å². The molecule has 0 spiro atoms. The van der Waals surface area contributed by atoms with Gasteiger partial charge in [0.2, 0.25) is 0 Å². The molecule has 0 N–H and O–H groups in total. The van der Waals surface area contributed by atoms with Gasteiger partial charge < -0.3 is 28.6 Å². The van der Waals surface area contributed by atoms with Crippen molar-refractivity contribution in [3.63, 3.8) is 0 Å². The van der Waals surface area contributed by atoms with E-state index in [9.17, 15) is 19.2 Å². The number of carbonyl (C=O) groups excluding carboxylic acids is 4. The van der Waals surface area contributed by atoms with E-state index in [2.05, 4.69) is 45.1 Å². The van der Waals surface area contributed by atoms with E-state index in [0.29, 0.717) is 38.2 Å². The normalized spacial score (nSPS) is 12.6. The van der Waals surface area contributed by atoms with Crippen molar-refractivity contribution in [3.05, 3.63) is 24.3 Å². The van der Waals surface area contributed by atoms with Gasteiger partial charge in [-0.05, 0) is 90.6 Å². The fraction of sp³-hybridized carbons (Fsp3) is 0.840. The summed E-state index contributed by atoms with van der Waals surface area (Å²) in [5, 5.41) is 0. The molecule has 0 aromatic carbocycles. The molecule has 350 valence electrons. The first-order chi connectivity index (χ1) is 29.2. The minimum atomic E-state index is -0.789. The lowest BCUT2D eigenvalue weighted by molar-refractivity contribution is -0.150. The van der Waals surface area contributed by atoms with Crippen molar-refractivity contribution in [1.29, 1.82) is 0 Å². The average Bonchev–Trinajstić information content (AvgIpc) is 3.23. The molecule has 0 aromatic rings. The van der Waals surface area contributed by atoms with Gasteiger partial charge in [-0.25, -0.2) is 4.79 Å². The highest BCUT2D eigenvalue weighted by molar-refractivity contribution is 5.70. The van der Waals surface area contributed by atoms with Crippen molar-refractivity contribution in [1.82, 2.24) is 4.90 Å². The third kappa shape index (κ3) is 41.8. The fourth-order valence-corrected chi connectivity index (χ4v) is 6.75. The maximum Gasteiger partial charge on any atom is 0.508 e. The zero-order valence-corrected chi connectivity index (χ0v) is 39.3. The Kier molecular flexibility index (Phi) is 42.1. The summed E-state index contributed by atoms with van der Waals surface area (Å²) in [5.74, 6) is -0.717. The molecular formula is C50H91NO9. The van der Waals surface area contributed by atoms with Crippen LogP contribution in [0.25, 0.3) is 0 Å². The standard InChI is InChI=1S/C50H91NO9/c1-6-9-12-14-15-16-17-18-19-20-21-22-23-26-30-37-48(53)58-42-46(44-60-50(55)56-40-33-39-51(4)5)43-59-49(54)38-32-28-25-24-27-31-36-47(52)57-41-45(34-11-8-3)35-29-13-10-7-2/h15-16,18-19,45-46H,6-14,17,20-44H2,1-5H3/b16-15-,19-18-.